The van der Waals surface area contributed by atoms with Crippen LogP contribution >= 0.6 is 0 Å². The molecular weight excluding hydrogens is 590 g/mol. The number of rotatable bonds is 6. The standard InChI is InChI=1S/C27H22F6N4O4S/c1-16-23(25(39)37(35(16)2)19-9-5-4-6-10-19)36(3)42(40,41)20-11-7-8-17(14-20)24(38)34-22-15-18(26(28,29)30)12-13-21(22)27(31,32)33/h4-15H,1-3H3,(H,34,38). The van der Waals surface area contributed by atoms with E-state index < -0.39 is 61.1 Å². The van der Waals surface area contributed by atoms with Crippen LogP contribution in [0.15, 0.2) is 82.5 Å². The lowest BCUT2D eigenvalue weighted by molar-refractivity contribution is -0.140. The van der Waals surface area contributed by atoms with E-state index in [9.17, 15) is 44.3 Å². The van der Waals surface area contributed by atoms with Crippen LogP contribution < -0.4 is 15.2 Å². The normalized spacial score (nSPS) is 12.3. The Bertz CT molecular complexity index is 1830. The number of carbonyl (C=O) groups excluding carboxylic acids is 1. The Hall–Kier alpha value is -4.53. The van der Waals surface area contributed by atoms with Gasteiger partial charge in [0.2, 0.25) is 0 Å². The monoisotopic (exact) mass is 612 g/mol. The van der Waals surface area contributed by atoms with E-state index >= 15 is 0 Å². The van der Waals surface area contributed by atoms with Crippen LogP contribution in [0.5, 0.6) is 0 Å². The van der Waals surface area contributed by atoms with Gasteiger partial charge >= 0.3 is 12.4 Å². The summed E-state index contributed by atoms with van der Waals surface area (Å²) in [4.78, 5) is 25.7. The van der Waals surface area contributed by atoms with E-state index in [2.05, 4.69) is 0 Å². The van der Waals surface area contributed by atoms with Crippen LogP contribution in [0.1, 0.15) is 27.2 Å². The highest BCUT2D eigenvalue weighted by molar-refractivity contribution is 7.92. The predicted molar refractivity (Wildman–Crippen MR) is 142 cm³/mol. The number of para-hydroxylation sites is 1. The van der Waals surface area contributed by atoms with Crippen molar-refractivity contribution in [2.45, 2.75) is 24.2 Å². The molecule has 0 fully saturated rings. The molecule has 0 bridgehead atoms. The number of sulfonamides is 1. The van der Waals surface area contributed by atoms with Crippen molar-refractivity contribution >= 4 is 27.3 Å². The molecule has 8 nitrogen and oxygen atoms in total. The molecule has 222 valence electrons. The summed E-state index contributed by atoms with van der Waals surface area (Å²) in [5.74, 6) is -1.29. The number of benzene rings is 3. The lowest BCUT2D eigenvalue weighted by Gasteiger charge is -2.19. The third-order valence-corrected chi connectivity index (χ3v) is 8.25. The molecule has 1 heterocycles. The zero-order chi connectivity index (χ0) is 31.2. The molecular formula is C27H22F6N4O4S. The largest absolute Gasteiger partial charge is 0.418 e. The molecule has 0 radical (unpaired) electrons. The number of amides is 1. The van der Waals surface area contributed by atoms with Crippen molar-refractivity contribution in [3.8, 4) is 5.69 Å². The first-order valence-electron chi connectivity index (χ1n) is 12.0. The van der Waals surface area contributed by atoms with Crippen molar-refractivity contribution in [2.24, 2.45) is 7.05 Å². The number of alkyl halides is 6. The van der Waals surface area contributed by atoms with Crippen molar-refractivity contribution in [1.29, 1.82) is 0 Å². The van der Waals surface area contributed by atoms with Gasteiger partial charge in [-0.15, -0.1) is 0 Å². The first kappa shape index (κ1) is 30.4. The molecule has 0 aliphatic carbocycles. The molecule has 4 aromatic rings. The van der Waals surface area contributed by atoms with E-state index in [4.69, 9.17) is 0 Å². The lowest BCUT2D eigenvalue weighted by Crippen LogP contribution is -2.32. The van der Waals surface area contributed by atoms with Crippen molar-refractivity contribution < 1.29 is 39.6 Å². The van der Waals surface area contributed by atoms with Crippen LogP contribution in [0.3, 0.4) is 0 Å². The summed E-state index contributed by atoms with van der Waals surface area (Å²) in [6, 6.07) is 13.1. The lowest BCUT2D eigenvalue weighted by atomic mass is 10.1. The second-order valence-electron chi connectivity index (χ2n) is 9.12. The Kier molecular flexibility index (Phi) is 7.76. The van der Waals surface area contributed by atoms with Gasteiger partial charge in [-0.25, -0.2) is 13.1 Å². The first-order chi connectivity index (χ1) is 19.4. The SMILES string of the molecule is Cc1c(N(C)S(=O)(=O)c2cccc(C(=O)Nc3cc(C(F)(F)F)ccc3C(F)(F)F)c2)c(=O)n(-c2ccccc2)n1C. The Balaban J connectivity index is 1.71. The Morgan fingerprint density at radius 2 is 1.52 bits per heavy atom. The molecule has 15 heteroatoms. The summed E-state index contributed by atoms with van der Waals surface area (Å²) in [6.45, 7) is 1.53. The number of anilines is 2. The van der Waals surface area contributed by atoms with Crippen LogP contribution in [0.25, 0.3) is 5.69 Å². The van der Waals surface area contributed by atoms with Crippen LogP contribution in [0.4, 0.5) is 37.7 Å². The Labute approximate surface area is 235 Å². The fourth-order valence-corrected chi connectivity index (χ4v) is 5.55. The van der Waals surface area contributed by atoms with E-state index in [1.54, 1.807) is 37.4 Å². The predicted octanol–water partition coefficient (Wildman–Crippen LogP) is 5.60. The van der Waals surface area contributed by atoms with Gasteiger partial charge in [0.15, 0.2) is 0 Å². The highest BCUT2D eigenvalue weighted by atomic mass is 32.2. The number of aromatic nitrogens is 2. The molecule has 1 N–H and O–H groups in total. The second-order valence-corrected chi connectivity index (χ2v) is 11.1. The van der Waals surface area contributed by atoms with Crippen molar-refractivity contribution in [3.63, 3.8) is 0 Å². The van der Waals surface area contributed by atoms with Crippen molar-refractivity contribution in [3.05, 3.63) is 106 Å². The van der Waals surface area contributed by atoms with Gasteiger partial charge in [-0.2, -0.15) is 26.3 Å². The minimum Gasteiger partial charge on any atom is -0.321 e. The van der Waals surface area contributed by atoms with E-state index in [-0.39, 0.29) is 29.6 Å². The number of carbonyl (C=O) groups is 1. The van der Waals surface area contributed by atoms with Crippen LogP contribution in [0, 0.1) is 6.92 Å². The van der Waals surface area contributed by atoms with E-state index in [1.165, 1.54) is 16.3 Å². The average Bonchev–Trinajstić information content (AvgIpc) is 3.14. The number of nitrogens with zero attached hydrogens (tertiary/aromatic N) is 3. The van der Waals surface area contributed by atoms with Gasteiger partial charge in [0.05, 0.1) is 33.1 Å². The summed E-state index contributed by atoms with van der Waals surface area (Å²) >= 11 is 0. The summed E-state index contributed by atoms with van der Waals surface area (Å²) in [6.07, 6.45) is -10.1. The molecule has 1 aromatic heterocycles. The molecule has 3 aromatic carbocycles. The maximum atomic E-state index is 13.5. The zero-order valence-electron chi connectivity index (χ0n) is 22.1. The van der Waals surface area contributed by atoms with Gasteiger partial charge in [-0.1, -0.05) is 24.3 Å². The summed E-state index contributed by atoms with van der Waals surface area (Å²) in [7, 11) is -1.83. The molecule has 0 atom stereocenters. The van der Waals surface area contributed by atoms with Crippen LogP contribution in [-0.2, 0) is 29.4 Å². The van der Waals surface area contributed by atoms with E-state index in [0.717, 1.165) is 35.6 Å². The minimum absolute atomic E-state index is 0.144. The third-order valence-electron chi connectivity index (χ3n) is 6.49. The summed E-state index contributed by atoms with van der Waals surface area (Å²) in [5, 5.41) is 1.81. The number of hydrogen-bond acceptors (Lipinski definition) is 4. The minimum atomic E-state index is -5.10. The van der Waals surface area contributed by atoms with Gasteiger partial charge in [-0.05, 0) is 55.5 Å². The Morgan fingerprint density at radius 3 is 2.12 bits per heavy atom. The molecule has 0 aliphatic rings. The summed E-state index contributed by atoms with van der Waals surface area (Å²) in [5.41, 5.74) is -4.68. The second kappa shape index (κ2) is 10.7. The molecule has 42 heavy (non-hydrogen) atoms. The molecule has 4 rings (SSSR count). The van der Waals surface area contributed by atoms with Crippen LogP contribution in [0.2, 0.25) is 0 Å². The van der Waals surface area contributed by atoms with Crippen LogP contribution in [-0.4, -0.2) is 30.7 Å². The maximum absolute atomic E-state index is 13.5. The molecule has 0 aliphatic heterocycles. The molecule has 0 spiro atoms. The highest BCUT2D eigenvalue weighted by Crippen LogP contribution is 2.39. The van der Waals surface area contributed by atoms with E-state index in [1.807, 2.05) is 5.32 Å². The number of halogens is 6. The average molecular weight is 613 g/mol. The fraction of sp³-hybridized carbons (Fsp3) is 0.185. The zero-order valence-corrected chi connectivity index (χ0v) is 22.9. The maximum Gasteiger partial charge on any atom is 0.418 e. The van der Waals surface area contributed by atoms with Gasteiger partial charge < -0.3 is 5.32 Å². The quantitative estimate of drug-likeness (QED) is 0.287. The van der Waals surface area contributed by atoms with Gasteiger partial charge in [0, 0.05) is 19.7 Å². The van der Waals surface area contributed by atoms with Gasteiger partial charge in [0.25, 0.3) is 21.5 Å². The third kappa shape index (κ3) is 5.64. The smallest absolute Gasteiger partial charge is 0.321 e. The Morgan fingerprint density at radius 1 is 0.881 bits per heavy atom. The molecule has 0 saturated heterocycles. The molecule has 1 amide bonds. The van der Waals surface area contributed by atoms with E-state index in [0.29, 0.717) is 5.69 Å². The first-order valence-corrected chi connectivity index (χ1v) is 13.4. The number of nitrogens with one attached hydrogen (secondary N) is 1. The topological polar surface area (TPSA) is 93.4 Å². The molecule has 0 unspecified atom stereocenters. The van der Waals surface area contributed by atoms with Gasteiger partial charge in [-0.3, -0.25) is 18.6 Å². The van der Waals surface area contributed by atoms with Crippen molar-refractivity contribution in [1.82, 2.24) is 9.36 Å². The highest BCUT2D eigenvalue weighted by Gasteiger charge is 2.38. The fourth-order valence-electron chi connectivity index (χ4n) is 4.26. The summed E-state index contributed by atoms with van der Waals surface area (Å²) < 4.78 is 110. The van der Waals surface area contributed by atoms with Crippen molar-refractivity contribution in [2.75, 3.05) is 16.7 Å². The molecule has 0 saturated carbocycles. The number of hydrogen-bond donors (Lipinski definition) is 1. The van der Waals surface area contributed by atoms with Gasteiger partial charge in [0.1, 0.15) is 5.69 Å².